The van der Waals surface area contributed by atoms with Gasteiger partial charge in [-0.2, -0.15) is 0 Å². The van der Waals surface area contributed by atoms with Crippen molar-refractivity contribution in [1.29, 1.82) is 0 Å². The average molecular weight is 282 g/mol. The highest BCUT2D eigenvalue weighted by molar-refractivity contribution is 5.99. The van der Waals surface area contributed by atoms with Crippen LogP contribution in [0.1, 0.15) is 60.8 Å². The van der Waals surface area contributed by atoms with Crippen molar-refractivity contribution in [2.45, 2.75) is 72.4 Å². The summed E-state index contributed by atoms with van der Waals surface area (Å²) in [6.07, 6.45) is 2.92. The second-order valence-electron chi connectivity index (χ2n) is 7.11. The molecule has 1 aliphatic heterocycles. The third-order valence-electron chi connectivity index (χ3n) is 3.89. The first-order valence-corrected chi connectivity index (χ1v) is 7.82. The van der Waals surface area contributed by atoms with Crippen LogP contribution >= 0.6 is 0 Å². The van der Waals surface area contributed by atoms with Crippen LogP contribution < -0.4 is 5.32 Å². The van der Waals surface area contributed by atoms with Crippen molar-refractivity contribution in [2.75, 3.05) is 6.54 Å². The standard InChI is InChI=1S/C16H30N2O2/c1-7-8-12(4)10-18-13(9-11(2)3)14(19)17-16(5,6)15(18)20/h11-13H,7-10H2,1-6H3,(H,17,19). The maximum absolute atomic E-state index is 12.6. The number of nitrogens with zero attached hydrogens (tertiary/aromatic N) is 1. The fraction of sp³-hybridized carbons (Fsp3) is 0.875. The van der Waals surface area contributed by atoms with Crippen LogP contribution in [0.3, 0.4) is 0 Å². The van der Waals surface area contributed by atoms with E-state index in [1.807, 2.05) is 4.90 Å². The largest absolute Gasteiger partial charge is 0.340 e. The molecule has 2 atom stereocenters. The average Bonchev–Trinajstić information content (AvgIpc) is 2.30. The minimum Gasteiger partial charge on any atom is -0.340 e. The van der Waals surface area contributed by atoms with E-state index in [0.717, 1.165) is 19.3 Å². The molecule has 0 aliphatic carbocycles. The van der Waals surface area contributed by atoms with Crippen molar-refractivity contribution in [3.63, 3.8) is 0 Å². The summed E-state index contributed by atoms with van der Waals surface area (Å²) in [4.78, 5) is 26.8. The number of amides is 2. The van der Waals surface area contributed by atoms with Crippen molar-refractivity contribution in [2.24, 2.45) is 11.8 Å². The van der Waals surface area contributed by atoms with Crippen LogP contribution in [-0.4, -0.2) is 34.8 Å². The zero-order valence-corrected chi connectivity index (χ0v) is 13.8. The van der Waals surface area contributed by atoms with Crippen molar-refractivity contribution in [3.8, 4) is 0 Å². The van der Waals surface area contributed by atoms with Crippen LogP contribution in [0, 0.1) is 11.8 Å². The highest BCUT2D eigenvalue weighted by atomic mass is 16.2. The first kappa shape index (κ1) is 17.0. The molecule has 116 valence electrons. The molecule has 1 heterocycles. The molecule has 1 saturated heterocycles. The van der Waals surface area contributed by atoms with E-state index in [2.05, 4.69) is 33.0 Å². The second-order valence-corrected chi connectivity index (χ2v) is 7.11. The first-order valence-electron chi connectivity index (χ1n) is 7.82. The van der Waals surface area contributed by atoms with Gasteiger partial charge in [0, 0.05) is 6.54 Å². The maximum atomic E-state index is 12.6. The highest BCUT2D eigenvalue weighted by Gasteiger charge is 2.45. The first-order chi connectivity index (χ1) is 9.19. The Morgan fingerprint density at radius 1 is 1.25 bits per heavy atom. The lowest BCUT2D eigenvalue weighted by Gasteiger charge is -2.44. The van der Waals surface area contributed by atoms with E-state index in [4.69, 9.17) is 0 Å². The van der Waals surface area contributed by atoms with Crippen molar-refractivity contribution >= 4 is 11.8 Å². The van der Waals surface area contributed by atoms with Gasteiger partial charge in [0.2, 0.25) is 11.8 Å². The summed E-state index contributed by atoms with van der Waals surface area (Å²) in [7, 11) is 0. The van der Waals surface area contributed by atoms with E-state index in [1.54, 1.807) is 13.8 Å². The van der Waals surface area contributed by atoms with E-state index >= 15 is 0 Å². The molecule has 0 aromatic heterocycles. The monoisotopic (exact) mass is 282 g/mol. The van der Waals surface area contributed by atoms with Gasteiger partial charge >= 0.3 is 0 Å². The Morgan fingerprint density at radius 3 is 2.35 bits per heavy atom. The van der Waals surface area contributed by atoms with E-state index in [0.29, 0.717) is 18.4 Å². The number of hydrogen-bond acceptors (Lipinski definition) is 2. The zero-order chi connectivity index (χ0) is 15.5. The Kier molecular flexibility index (Phi) is 5.60. The SMILES string of the molecule is CCCC(C)CN1C(=O)C(C)(C)NC(=O)C1CC(C)C. The molecule has 0 bridgehead atoms. The van der Waals surface area contributed by atoms with Crippen LogP contribution in [0.5, 0.6) is 0 Å². The van der Waals surface area contributed by atoms with Crippen molar-refractivity contribution in [1.82, 2.24) is 10.2 Å². The molecule has 4 nitrogen and oxygen atoms in total. The van der Waals surface area contributed by atoms with Gasteiger partial charge in [0.1, 0.15) is 11.6 Å². The highest BCUT2D eigenvalue weighted by Crippen LogP contribution is 2.24. The normalized spacial score (nSPS) is 23.9. The molecule has 1 rings (SSSR count). The van der Waals surface area contributed by atoms with E-state index in [-0.39, 0.29) is 17.9 Å². The molecule has 0 aromatic rings. The van der Waals surface area contributed by atoms with Gasteiger partial charge in [0.25, 0.3) is 0 Å². The van der Waals surface area contributed by atoms with Crippen LogP contribution in [0.25, 0.3) is 0 Å². The van der Waals surface area contributed by atoms with Gasteiger partial charge in [-0.3, -0.25) is 9.59 Å². The molecular weight excluding hydrogens is 252 g/mol. The third kappa shape index (κ3) is 3.97. The molecule has 20 heavy (non-hydrogen) atoms. The third-order valence-corrected chi connectivity index (χ3v) is 3.89. The fourth-order valence-corrected chi connectivity index (χ4v) is 2.90. The zero-order valence-electron chi connectivity index (χ0n) is 13.8. The summed E-state index contributed by atoms with van der Waals surface area (Å²) in [5.41, 5.74) is -0.781. The van der Waals surface area contributed by atoms with Gasteiger partial charge in [-0.1, -0.05) is 34.1 Å². The molecule has 4 heteroatoms. The van der Waals surface area contributed by atoms with E-state index < -0.39 is 5.54 Å². The molecule has 2 amide bonds. The second kappa shape index (κ2) is 6.59. The lowest BCUT2D eigenvalue weighted by molar-refractivity contribution is -0.154. The summed E-state index contributed by atoms with van der Waals surface area (Å²) in [6.45, 7) is 12.7. The summed E-state index contributed by atoms with van der Waals surface area (Å²) in [6, 6.07) is -0.310. The number of rotatable bonds is 6. The molecular formula is C16H30N2O2. The lowest BCUT2D eigenvalue weighted by atomic mass is 9.91. The molecule has 0 radical (unpaired) electrons. The quantitative estimate of drug-likeness (QED) is 0.814. The predicted octanol–water partition coefficient (Wildman–Crippen LogP) is 2.57. The Bertz CT molecular complexity index is 363. The molecule has 1 fully saturated rings. The summed E-state index contributed by atoms with van der Waals surface area (Å²) in [5, 5.41) is 2.87. The molecule has 1 N–H and O–H groups in total. The minimum atomic E-state index is -0.781. The Morgan fingerprint density at radius 2 is 1.85 bits per heavy atom. The Labute approximate surface area is 123 Å². The van der Waals surface area contributed by atoms with Crippen molar-refractivity contribution < 1.29 is 9.59 Å². The summed E-state index contributed by atoms with van der Waals surface area (Å²) in [5.74, 6) is 0.863. The molecule has 0 aromatic carbocycles. The molecule has 2 unspecified atom stereocenters. The van der Waals surface area contributed by atoms with Gasteiger partial charge in [0.15, 0.2) is 0 Å². The van der Waals surface area contributed by atoms with Gasteiger partial charge < -0.3 is 10.2 Å². The maximum Gasteiger partial charge on any atom is 0.248 e. The Balaban J connectivity index is 2.94. The number of piperazine rings is 1. The van der Waals surface area contributed by atoms with Crippen LogP contribution in [0.2, 0.25) is 0 Å². The molecule has 0 spiro atoms. The number of hydrogen-bond donors (Lipinski definition) is 1. The Hall–Kier alpha value is -1.06. The molecule has 1 aliphatic rings. The number of carbonyl (C=O) groups is 2. The van der Waals surface area contributed by atoms with Crippen LogP contribution in [0.4, 0.5) is 0 Å². The van der Waals surface area contributed by atoms with Crippen LogP contribution in [-0.2, 0) is 9.59 Å². The van der Waals surface area contributed by atoms with E-state index in [9.17, 15) is 9.59 Å². The lowest BCUT2D eigenvalue weighted by Crippen LogP contribution is -2.68. The van der Waals surface area contributed by atoms with Gasteiger partial charge in [-0.05, 0) is 38.5 Å². The summed E-state index contributed by atoms with van der Waals surface area (Å²) >= 11 is 0. The smallest absolute Gasteiger partial charge is 0.248 e. The molecule has 0 saturated carbocycles. The topological polar surface area (TPSA) is 49.4 Å². The van der Waals surface area contributed by atoms with Crippen molar-refractivity contribution in [3.05, 3.63) is 0 Å². The van der Waals surface area contributed by atoms with Gasteiger partial charge in [-0.15, -0.1) is 0 Å². The van der Waals surface area contributed by atoms with E-state index in [1.165, 1.54) is 0 Å². The minimum absolute atomic E-state index is 0.00741. The van der Waals surface area contributed by atoms with Gasteiger partial charge in [-0.25, -0.2) is 0 Å². The summed E-state index contributed by atoms with van der Waals surface area (Å²) < 4.78 is 0. The van der Waals surface area contributed by atoms with Gasteiger partial charge in [0.05, 0.1) is 0 Å². The number of nitrogens with one attached hydrogen (secondary N) is 1. The van der Waals surface area contributed by atoms with Crippen LogP contribution in [0.15, 0.2) is 0 Å². The predicted molar refractivity (Wildman–Crippen MR) is 81.2 cm³/mol. The fourth-order valence-electron chi connectivity index (χ4n) is 2.90. The number of carbonyl (C=O) groups excluding carboxylic acids is 2.